The minimum Gasteiger partial charge on any atom is -0.389 e. The molecule has 1 unspecified atom stereocenters. The molecule has 0 aliphatic rings. The molecular weight excluding hydrogens is 254 g/mol. The Morgan fingerprint density at radius 3 is 2.60 bits per heavy atom. The highest BCUT2D eigenvalue weighted by molar-refractivity contribution is 5.14. The van der Waals surface area contributed by atoms with Crippen molar-refractivity contribution in [1.29, 1.82) is 0 Å². The maximum Gasteiger partial charge on any atom is 0.0897 e. The third-order valence-electron chi connectivity index (χ3n) is 2.80. The summed E-state index contributed by atoms with van der Waals surface area (Å²) in [7, 11) is 0. The molecule has 20 heavy (non-hydrogen) atoms. The molecule has 0 amide bonds. The Hall–Kier alpha value is -0.940. The number of benzene rings is 1. The fourth-order valence-electron chi connectivity index (χ4n) is 1.77. The van der Waals surface area contributed by atoms with Crippen LogP contribution in [0.15, 0.2) is 30.3 Å². The van der Waals surface area contributed by atoms with E-state index < -0.39 is 6.10 Å². The number of aliphatic hydroxyl groups excluding tert-OH is 1. The van der Waals surface area contributed by atoms with Crippen molar-refractivity contribution in [2.75, 3.05) is 32.9 Å². The van der Waals surface area contributed by atoms with E-state index in [1.165, 1.54) is 5.56 Å². The van der Waals surface area contributed by atoms with E-state index in [9.17, 15) is 5.11 Å². The van der Waals surface area contributed by atoms with Gasteiger partial charge in [-0.2, -0.15) is 0 Å². The maximum atomic E-state index is 9.73. The molecule has 0 saturated heterocycles. The molecule has 0 heterocycles. The second kappa shape index (κ2) is 10.8. The van der Waals surface area contributed by atoms with E-state index in [2.05, 4.69) is 17.4 Å². The van der Waals surface area contributed by atoms with E-state index >= 15 is 0 Å². The van der Waals surface area contributed by atoms with E-state index in [-0.39, 0.29) is 6.10 Å². The molecule has 1 aromatic rings. The zero-order valence-electron chi connectivity index (χ0n) is 12.5. The molecule has 4 heteroatoms. The van der Waals surface area contributed by atoms with Crippen molar-refractivity contribution in [1.82, 2.24) is 5.32 Å². The van der Waals surface area contributed by atoms with Crippen LogP contribution in [0, 0.1) is 0 Å². The fourth-order valence-corrected chi connectivity index (χ4v) is 1.77. The molecule has 1 atom stereocenters. The minimum absolute atomic E-state index is 0.225. The molecule has 0 spiro atoms. The van der Waals surface area contributed by atoms with Crippen molar-refractivity contribution >= 4 is 0 Å². The molecule has 0 aliphatic heterocycles. The Kier molecular flexibility index (Phi) is 9.24. The third-order valence-corrected chi connectivity index (χ3v) is 2.80. The van der Waals surface area contributed by atoms with Gasteiger partial charge in [0.1, 0.15) is 0 Å². The van der Waals surface area contributed by atoms with Gasteiger partial charge in [-0.15, -0.1) is 0 Å². The lowest BCUT2D eigenvalue weighted by Gasteiger charge is -2.13. The molecular formula is C16H27NO3. The highest BCUT2D eigenvalue weighted by Crippen LogP contribution is 1.98. The summed E-state index contributed by atoms with van der Waals surface area (Å²) in [6, 6.07) is 10.3. The highest BCUT2D eigenvalue weighted by atomic mass is 16.5. The molecule has 114 valence electrons. The zero-order valence-corrected chi connectivity index (χ0v) is 12.5. The molecule has 0 bridgehead atoms. The van der Waals surface area contributed by atoms with Crippen molar-refractivity contribution in [3.05, 3.63) is 35.9 Å². The van der Waals surface area contributed by atoms with E-state index in [4.69, 9.17) is 9.47 Å². The number of rotatable bonds is 11. The van der Waals surface area contributed by atoms with Gasteiger partial charge in [0, 0.05) is 6.54 Å². The maximum absolute atomic E-state index is 9.73. The predicted octanol–water partition coefficient (Wildman–Crippen LogP) is 1.62. The van der Waals surface area contributed by atoms with Crippen LogP contribution in [0.5, 0.6) is 0 Å². The first kappa shape index (κ1) is 17.1. The summed E-state index contributed by atoms with van der Waals surface area (Å²) in [5.74, 6) is 0. The molecule has 2 N–H and O–H groups in total. The number of aliphatic hydroxyl groups is 1. The first-order chi connectivity index (χ1) is 9.68. The second-order valence-electron chi connectivity index (χ2n) is 5.09. The summed E-state index contributed by atoms with van der Waals surface area (Å²) in [6.07, 6.45) is 0.726. The Labute approximate surface area is 122 Å². The Bertz CT molecular complexity index is 330. The van der Waals surface area contributed by atoms with Crippen LogP contribution in [-0.2, 0) is 15.9 Å². The highest BCUT2D eigenvalue weighted by Gasteiger charge is 2.03. The molecule has 0 aromatic heterocycles. The molecule has 0 saturated carbocycles. The van der Waals surface area contributed by atoms with Gasteiger partial charge in [0.25, 0.3) is 0 Å². The van der Waals surface area contributed by atoms with Crippen LogP contribution >= 0.6 is 0 Å². The van der Waals surface area contributed by atoms with E-state index in [0.717, 1.165) is 13.0 Å². The Morgan fingerprint density at radius 1 is 1.15 bits per heavy atom. The SMILES string of the molecule is CC(C)OCCOCC(O)CNCCc1ccccc1. The number of ether oxygens (including phenoxy) is 2. The van der Waals surface area contributed by atoms with Gasteiger partial charge in [0.15, 0.2) is 0 Å². The molecule has 4 nitrogen and oxygen atoms in total. The fraction of sp³-hybridized carbons (Fsp3) is 0.625. The van der Waals surface area contributed by atoms with Crippen LogP contribution in [0.1, 0.15) is 19.4 Å². The topological polar surface area (TPSA) is 50.7 Å². The van der Waals surface area contributed by atoms with Crippen molar-refractivity contribution in [3.8, 4) is 0 Å². The lowest BCUT2D eigenvalue weighted by atomic mass is 10.1. The molecule has 1 aromatic carbocycles. The molecule has 0 fully saturated rings. The number of hydrogen-bond acceptors (Lipinski definition) is 4. The van der Waals surface area contributed by atoms with Crippen LogP contribution in [0.2, 0.25) is 0 Å². The molecule has 1 rings (SSSR count). The largest absolute Gasteiger partial charge is 0.389 e. The lowest BCUT2D eigenvalue weighted by Crippen LogP contribution is -2.32. The van der Waals surface area contributed by atoms with Gasteiger partial charge in [-0.1, -0.05) is 30.3 Å². The predicted molar refractivity (Wildman–Crippen MR) is 80.9 cm³/mol. The van der Waals surface area contributed by atoms with Crippen LogP contribution < -0.4 is 5.32 Å². The van der Waals surface area contributed by atoms with Gasteiger partial charge in [-0.05, 0) is 32.4 Å². The second-order valence-corrected chi connectivity index (χ2v) is 5.09. The first-order valence-corrected chi connectivity index (χ1v) is 7.30. The summed E-state index contributed by atoms with van der Waals surface area (Å²) in [6.45, 7) is 6.84. The van der Waals surface area contributed by atoms with Gasteiger partial charge >= 0.3 is 0 Å². The Morgan fingerprint density at radius 2 is 1.90 bits per heavy atom. The molecule has 0 radical (unpaired) electrons. The summed E-state index contributed by atoms with van der Waals surface area (Å²) in [5.41, 5.74) is 1.30. The van der Waals surface area contributed by atoms with E-state index in [1.807, 2.05) is 32.0 Å². The summed E-state index contributed by atoms with van der Waals surface area (Å²) in [4.78, 5) is 0. The third kappa shape index (κ3) is 9.04. The minimum atomic E-state index is -0.468. The van der Waals surface area contributed by atoms with Crippen LogP contribution in [0.3, 0.4) is 0 Å². The average molecular weight is 281 g/mol. The standard InChI is InChI=1S/C16H27NO3/c1-14(2)20-11-10-19-13-16(18)12-17-9-8-15-6-4-3-5-7-15/h3-7,14,16-18H,8-13H2,1-2H3. The lowest BCUT2D eigenvalue weighted by molar-refractivity contribution is -0.00989. The van der Waals surface area contributed by atoms with E-state index in [1.54, 1.807) is 0 Å². The van der Waals surface area contributed by atoms with Crippen LogP contribution in [0.4, 0.5) is 0 Å². The Balaban J connectivity index is 1.93. The normalized spacial score (nSPS) is 12.8. The number of nitrogens with one attached hydrogen (secondary N) is 1. The summed E-state index contributed by atoms with van der Waals surface area (Å²) >= 11 is 0. The van der Waals surface area contributed by atoms with Crippen LogP contribution in [-0.4, -0.2) is 50.2 Å². The number of hydrogen-bond donors (Lipinski definition) is 2. The summed E-state index contributed by atoms with van der Waals surface area (Å²) < 4.78 is 10.7. The monoisotopic (exact) mass is 281 g/mol. The smallest absolute Gasteiger partial charge is 0.0897 e. The van der Waals surface area contributed by atoms with Gasteiger partial charge in [-0.25, -0.2) is 0 Å². The van der Waals surface area contributed by atoms with Crippen molar-refractivity contribution in [3.63, 3.8) is 0 Å². The first-order valence-electron chi connectivity index (χ1n) is 7.30. The van der Waals surface area contributed by atoms with Crippen molar-refractivity contribution < 1.29 is 14.6 Å². The molecule has 0 aliphatic carbocycles. The zero-order chi connectivity index (χ0) is 14.6. The van der Waals surface area contributed by atoms with Gasteiger partial charge in [-0.3, -0.25) is 0 Å². The summed E-state index contributed by atoms with van der Waals surface area (Å²) in [5, 5.41) is 13.0. The quantitative estimate of drug-likeness (QED) is 0.605. The van der Waals surface area contributed by atoms with Crippen molar-refractivity contribution in [2.24, 2.45) is 0 Å². The van der Waals surface area contributed by atoms with Crippen LogP contribution in [0.25, 0.3) is 0 Å². The van der Waals surface area contributed by atoms with E-state index in [0.29, 0.717) is 26.4 Å². The average Bonchev–Trinajstić information content (AvgIpc) is 2.44. The van der Waals surface area contributed by atoms with Crippen molar-refractivity contribution in [2.45, 2.75) is 32.5 Å². The van der Waals surface area contributed by atoms with Gasteiger partial charge < -0.3 is 19.9 Å². The van der Waals surface area contributed by atoms with Gasteiger partial charge in [0.05, 0.1) is 32.0 Å². The van der Waals surface area contributed by atoms with Gasteiger partial charge in [0.2, 0.25) is 0 Å².